The molecular formula is C36H53N3O6S. The number of nitrogens with one attached hydrogen (secondary N) is 2. The van der Waals surface area contributed by atoms with Crippen molar-refractivity contribution >= 4 is 27.1 Å². The lowest BCUT2D eigenvalue weighted by Crippen LogP contribution is -2.44. The topological polar surface area (TPSA) is 149 Å². The quantitative estimate of drug-likeness (QED) is 0.161. The van der Waals surface area contributed by atoms with Crippen LogP contribution in [0.1, 0.15) is 114 Å². The van der Waals surface area contributed by atoms with Gasteiger partial charge in [-0.15, -0.1) is 0 Å². The van der Waals surface area contributed by atoms with Gasteiger partial charge in [0.05, 0.1) is 15.9 Å². The Morgan fingerprint density at radius 2 is 1.52 bits per heavy atom. The Bertz CT molecular complexity index is 1530. The Morgan fingerprint density at radius 3 is 2.13 bits per heavy atom. The number of aromatic carboxylic acids is 1. The molecule has 3 aliphatic carbocycles. The number of carboxylic acids is 1. The van der Waals surface area contributed by atoms with Gasteiger partial charge in [-0.05, 0) is 87.5 Å². The molecule has 46 heavy (non-hydrogen) atoms. The molecule has 0 radical (unpaired) electrons. The van der Waals surface area contributed by atoms with E-state index in [4.69, 9.17) is 9.66 Å². The molecule has 0 spiro atoms. The standard InChI is InChI=1S/C18H33N.C9H6N2O3.C7H8O3S.C2H6/c1-2-14-5-4-8-17(10-9-14)19-18-12-15-6-3-7-16(11-15)13-18;12-8-7(9(13)14)10-5-3-1-2-4-6(5)11-8;1-6-2-4-7(5-3-6)11(8,9)10;1-2/h14-19H,2-13H2,1H3;1-4H,(H,11,12)(H,13,14);2-5H,1H3,(H,8,9,10);1-2H3. The number of para-hydroxylation sites is 2. The fourth-order valence-corrected chi connectivity index (χ4v) is 7.52. The summed E-state index contributed by atoms with van der Waals surface area (Å²) in [5.41, 5.74) is 0.782. The lowest BCUT2D eigenvalue weighted by Gasteiger charge is -2.40. The van der Waals surface area contributed by atoms with Crippen molar-refractivity contribution in [3.8, 4) is 0 Å². The predicted molar refractivity (Wildman–Crippen MR) is 184 cm³/mol. The fraction of sp³-hybridized carbons (Fsp3) is 0.583. The number of aromatic amines is 1. The first kappa shape index (κ1) is 37.4. The first-order valence-corrected chi connectivity index (χ1v) is 18.5. The van der Waals surface area contributed by atoms with Crippen LogP contribution in [0.25, 0.3) is 11.0 Å². The van der Waals surface area contributed by atoms with Crippen LogP contribution < -0.4 is 10.9 Å². The summed E-state index contributed by atoms with van der Waals surface area (Å²) < 4.78 is 29.6. The van der Waals surface area contributed by atoms with Gasteiger partial charge in [0, 0.05) is 12.1 Å². The number of aryl methyl sites for hydroxylation is 1. The summed E-state index contributed by atoms with van der Waals surface area (Å²) in [5, 5.41) is 12.7. The van der Waals surface area contributed by atoms with E-state index in [1.54, 1.807) is 42.8 Å². The molecule has 3 saturated carbocycles. The van der Waals surface area contributed by atoms with Crippen LogP contribution >= 0.6 is 0 Å². The molecule has 1 aromatic heterocycles. The highest BCUT2D eigenvalue weighted by Gasteiger charge is 2.32. The maximum Gasteiger partial charge on any atom is 0.360 e. The average Bonchev–Trinajstić information content (AvgIpc) is 3.27. The summed E-state index contributed by atoms with van der Waals surface area (Å²) in [6.07, 6.45) is 17.8. The van der Waals surface area contributed by atoms with Crippen LogP contribution in [0.5, 0.6) is 0 Å². The van der Waals surface area contributed by atoms with Crippen molar-refractivity contribution in [1.29, 1.82) is 0 Å². The molecule has 3 aliphatic rings. The number of carbonyl (C=O) groups is 1. The summed E-state index contributed by atoms with van der Waals surface area (Å²) >= 11 is 0. The summed E-state index contributed by atoms with van der Waals surface area (Å²) in [4.78, 5) is 27.9. The molecular weight excluding hydrogens is 602 g/mol. The second-order valence-electron chi connectivity index (χ2n) is 12.7. The zero-order chi connectivity index (χ0) is 33.7. The van der Waals surface area contributed by atoms with Gasteiger partial charge in [-0.2, -0.15) is 8.42 Å². The Balaban J connectivity index is 0.000000190. The summed E-state index contributed by atoms with van der Waals surface area (Å²) in [5.74, 6) is 1.84. The first-order chi connectivity index (χ1) is 22.0. The zero-order valence-electron chi connectivity index (χ0n) is 27.9. The van der Waals surface area contributed by atoms with Crippen molar-refractivity contribution in [3.05, 3.63) is 70.1 Å². The van der Waals surface area contributed by atoms with E-state index in [1.807, 2.05) is 20.8 Å². The van der Waals surface area contributed by atoms with E-state index in [1.165, 1.54) is 82.8 Å². The molecule has 2 aromatic carbocycles. The predicted octanol–water partition coefficient (Wildman–Crippen LogP) is 7.79. The molecule has 0 saturated heterocycles. The van der Waals surface area contributed by atoms with Crippen molar-refractivity contribution in [2.24, 2.45) is 17.8 Å². The van der Waals surface area contributed by atoms with Gasteiger partial charge in [-0.1, -0.05) is 89.1 Å². The van der Waals surface area contributed by atoms with E-state index in [2.05, 4.69) is 22.2 Å². The van der Waals surface area contributed by atoms with Crippen molar-refractivity contribution < 1.29 is 22.9 Å². The molecule has 4 atom stereocenters. The third-order valence-electron chi connectivity index (χ3n) is 9.39. The molecule has 3 aromatic rings. The molecule has 1 heterocycles. The highest BCUT2D eigenvalue weighted by Crippen LogP contribution is 2.40. The molecule has 0 aliphatic heterocycles. The highest BCUT2D eigenvalue weighted by molar-refractivity contribution is 7.85. The van der Waals surface area contributed by atoms with Crippen LogP contribution in [0.2, 0.25) is 0 Å². The van der Waals surface area contributed by atoms with Gasteiger partial charge >= 0.3 is 5.97 Å². The number of benzene rings is 2. The van der Waals surface area contributed by atoms with Gasteiger partial charge in [0.2, 0.25) is 5.69 Å². The monoisotopic (exact) mass is 655 g/mol. The molecule has 9 nitrogen and oxygen atoms in total. The van der Waals surface area contributed by atoms with Crippen molar-refractivity contribution in [1.82, 2.24) is 15.3 Å². The van der Waals surface area contributed by atoms with Crippen LogP contribution in [-0.4, -0.2) is 46.1 Å². The van der Waals surface area contributed by atoms with E-state index in [0.29, 0.717) is 11.0 Å². The van der Waals surface area contributed by atoms with E-state index in [9.17, 15) is 18.0 Å². The average molecular weight is 656 g/mol. The van der Waals surface area contributed by atoms with Crippen LogP contribution in [0.15, 0.2) is 58.2 Å². The molecule has 4 N–H and O–H groups in total. The largest absolute Gasteiger partial charge is 0.476 e. The smallest absolute Gasteiger partial charge is 0.360 e. The zero-order valence-corrected chi connectivity index (χ0v) is 28.7. The summed E-state index contributed by atoms with van der Waals surface area (Å²) in [6.45, 7) is 8.22. The Kier molecular flexibility index (Phi) is 14.9. The molecule has 10 heteroatoms. The molecule has 2 bridgehead atoms. The van der Waals surface area contributed by atoms with Gasteiger partial charge in [0.25, 0.3) is 15.7 Å². The SMILES string of the molecule is CC.CCC1CCCC(NC2CC3CCCC(C3)C2)CC1.Cc1ccc(S(=O)(=O)O)cc1.O=C(O)c1nc2ccccc2[nH]c1=O. The molecule has 6 rings (SSSR count). The second kappa shape index (κ2) is 18.3. The van der Waals surface area contributed by atoms with E-state index < -0.39 is 27.3 Å². The highest BCUT2D eigenvalue weighted by atomic mass is 32.2. The van der Waals surface area contributed by atoms with Crippen LogP contribution in [0, 0.1) is 24.7 Å². The maximum absolute atomic E-state index is 11.2. The third kappa shape index (κ3) is 11.6. The van der Waals surface area contributed by atoms with Crippen molar-refractivity contribution in [3.63, 3.8) is 0 Å². The number of rotatable bonds is 5. The number of carboxylic acid groups (broad SMARTS) is 1. The number of hydrogen-bond donors (Lipinski definition) is 4. The van der Waals surface area contributed by atoms with Gasteiger partial charge in [-0.25, -0.2) is 9.78 Å². The number of hydrogen-bond acceptors (Lipinski definition) is 6. The van der Waals surface area contributed by atoms with Crippen LogP contribution in [0.3, 0.4) is 0 Å². The van der Waals surface area contributed by atoms with Gasteiger partial charge in [0.15, 0.2) is 0 Å². The Morgan fingerprint density at radius 1 is 0.891 bits per heavy atom. The normalized spacial score (nSPS) is 24.1. The van der Waals surface area contributed by atoms with Crippen molar-refractivity contribution in [2.75, 3.05) is 0 Å². The minimum Gasteiger partial charge on any atom is -0.476 e. The van der Waals surface area contributed by atoms with E-state index >= 15 is 0 Å². The number of aromatic nitrogens is 2. The number of H-pyrrole nitrogens is 1. The number of nitrogens with zero attached hydrogens (tertiary/aromatic N) is 1. The molecule has 0 amide bonds. The van der Waals surface area contributed by atoms with Crippen molar-refractivity contribution in [2.45, 2.75) is 122 Å². The maximum atomic E-state index is 11.2. The van der Waals surface area contributed by atoms with Gasteiger partial charge < -0.3 is 15.4 Å². The van der Waals surface area contributed by atoms with Crippen LogP contribution in [-0.2, 0) is 10.1 Å². The fourth-order valence-electron chi connectivity index (χ4n) is 7.04. The molecule has 254 valence electrons. The number of fused-ring (bicyclic) bond motifs is 3. The summed E-state index contributed by atoms with van der Waals surface area (Å²) in [7, 11) is -4.02. The van der Waals surface area contributed by atoms with Gasteiger partial charge in [-0.3, -0.25) is 9.35 Å². The Hall–Kier alpha value is -3.08. The Labute approximate surface area is 274 Å². The second-order valence-corrected chi connectivity index (χ2v) is 14.2. The van der Waals surface area contributed by atoms with Crippen LogP contribution in [0.4, 0.5) is 0 Å². The first-order valence-electron chi connectivity index (χ1n) is 17.0. The van der Waals surface area contributed by atoms with Gasteiger partial charge in [0.1, 0.15) is 0 Å². The third-order valence-corrected chi connectivity index (χ3v) is 10.3. The van der Waals surface area contributed by atoms with E-state index in [-0.39, 0.29) is 4.90 Å². The minimum absolute atomic E-state index is 0.0666. The summed E-state index contributed by atoms with van der Waals surface area (Å²) in [6, 6.07) is 14.5. The molecule has 3 fully saturated rings. The lowest BCUT2D eigenvalue weighted by atomic mass is 9.70. The lowest BCUT2D eigenvalue weighted by molar-refractivity contribution is 0.0688. The van der Waals surface area contributed by atoms with E-state index in [0.717, 1.165) is 35.4 Å². The minimum atomic E-state index is -4.02. The molecule has 4 unspecified atom stereocenters.